The normalized spacial score (nSPS) is 20.3. The zero-order valence-corrected chi connectivity index (χ0v) is 17.5. The highest BCUT2D eigenvalue weighted by Gasteiger charge is 2.42. The molecule has 0 fully saturated rings. The van der Waals surface area contributed by atoms with Gasteiger partial charge in [-0.1, -0.05) is 25.6 Å². The third-order valence-electron chi connectivity index (χ3n) is 5.23. The van der Waals surface area contributed by atoms with Crippen LogP contribution in [0.1, 0.15) is 38.3 Å². The average molecular weight is 401 g/mol. The van der Waals surface area contributed by atoms with Crippen molar-refractivity contribution in [2.75, 3.05) is 25.8 Å². The molecule has 8 heteroatoms. The number of aromatic nitrogens is 3. The van der Waals surface area contributed by atoms with Gasteiger partial charge in [0.1, 0.15) is 17.5 Å². The molecule has 0 spiro atoms. The summed E-state index contributed by atoms with van der Waals surface area (Å²) in [7, 11) is 3.25. The van der Waals surface area contributed by atoms with Crippen molar-refractivity contribution in [2.24, 2.45) is 5.41 Å². The van der Waals surface area contributed by atoms with Gasteiger partial charge < -0.3 is 14.8 Å². The molecular formula is C20H24N4O3S. The smallest absolute Gasteiger partial charge is 0.227 e. The summed E-state index contributed by atoms with van der Waals surface area (Å²) in [6.07, 6.45) is 3.21. The van der Waals surface area contributed by atoms with E-state index in [4.69, 9.17) is 9.47 Å². The fraction of sp³-hybridized carbons (Fsp3) is 0.450. The molecule has 1 atom stereocenters. The van der Waals surface area contributed by atoms with E-state index < -0.39 is 6.04 Å². The maximum atomic E-state index is 13.2. The lowest BCUT2D eigenvalue weighted by atomic mass is 9.73. The van der Waals surface area contributed by atoms with Crippen molar-refractivity contribution in [3.63, 3.8) is 0 Å². The largest absolute Gasteiger partial charge is 0.497 e. The van der Waals surface area contributed by atoms with Gasteiger partial charge in [0, 0.05) is 23.3 Å². The molecule has 0 amide bonds. The summed E-state index contributed by atoms with van der Waals surface area (Å²) in [5.74, 6) is 2.15. The van der Waals surface area contributed by atoms with Crippen LogP contribution < -0.4 is 14.8 Å². The highest BCUT2D eigenvalue weighted by Crippen LogP contribution is 2.47. The molecule has 4 rings (SSSR count). The van der Waals surface area contributed by atoms with Crippen LogP contribution in [0.4, 0.5) is 5.95 Å². The number of rotatable bonds is 4. The maximum Gasteiger partial charge on any atom is 0.227 e. The number of Topliss-reactive ketones (excluding diaryl/α,β-unsaturated/α-hetero) is 1. The molecule has 1 N–H and O–H groups in total. The molecule has 1 aliphatic heterocycles. The molecule has 0 bridgehead atoms. The predicted octanol–water partition coefficient (Wildman–Crippen LogP) is 3.68. The number of carbonyl (C=O) groups is 1. The Balaban J connectivity index is 1.96. The number of ether oxygens (including phenoxy) is 2. The zero-order chi connectivity index (χ0) is 20.1. The second kappa shape index (κ2) is 6.84. The van der Waals surface area contributed by atoms with Gasteiger partial charge in [-0.15, -0.1) is 5.10 Å². The van der Waals surface area contributed by atoms with Crippen molar-refractivity contribution in [1.29, 1.82) is 0 Å². The van der Waals surface area contributed by atoms with Crippen molar-refractivity contribution >= 4 is 23.5 Å². The van der Waals surface area contributed by atoms with E-state index in [1.54, 1.807) is 18.9 Å². The molecule has 1 aromatic heterocycles. The van der Waals surface area contributed by atoms with Crippen LogP contribution in [0.25, 0.3) is 0 Å². The number of fused-ring (bicyclic) bond motifs is 1. The summed E-state index contributed by atoms with van der Waals surface area (Å²) in [6, 6.07) is 5.21. The van der Waals surface area contributed by atoms with Crippen LogP contribution >= 0.6 is 11.8 Å². The number of nitrogens with one attached hydrogen (secondary N) is 1. The van der Waals surface area contributed by atoms with E-state index in [-0.39, 0.29) is 11.2 Å². The van der Waals surface area contributed by atoms with Crippen LogP contribution in [0.5, 0.6) is 11.5 Å². The molecule has 2 aliphatic rings. The fourth-order valence-corrected chi connectivity index (χ4v) is 4.36. The number of thioether (sulfide) groups is 1. The van der Waals surface area contributed by atoms with E-state index in [0.29, 0.717) is 29.0 Å². The molecule has 28 heavy (non-hydrogen) atoms. The van der Waals surface area contributed by atoms with E-state index in [2.05, 4.69) is 29.2 Å². The Morgan fingerprint density at radius 3 is 2.71 bits per heavy atom. The van der Waals surface area contributed by atoms with Gasteiger partial charge in [-0.3, -0.25) is 4.79 Å². The number of anilines is 1. The van der Waals surface area contributed by atoms with Crippen molar-refractivity contribution in [3.8, 4) is 11.5 Å². The lowest BCUT2D eigenvalue weighted by Gasteiger charge is -2.38. The first kappa shape index (κ1) is 18.9. The number of allylic oxidation sites excluding steroid dienone is 2. The molecule has 1 aromatic carbocycles. The third-order valence-corrected chi connectivity index (χ3v) is 5.76. The highest BCUT2D eigenvalue weighted by atomic mass is 32.2. The number of carbonyl (C=O) groups excluding carboxylic acids is 1. The first-order valence-corrected chi connectivity index (χ1v) is 10.3. The molecule has 0 radical (unpaired) electrons. The number of hydrogen-bond donors (Lipinski definition) is 1. The minimum atomic E-state index is -0.409. The summed E-state index contributed by atoms with van der Waals surface area (Å²) >= 11 is 1.47. The molecule has 2 aromatic rings. The number of nitrogens with zero attached hydrogens (tertiary/aromatic N) is 3. The summed E-state index contributed by atoms with van der Waals surface area (Å²) in [5, 5.41) is 8.66. The van der Waals surface area contributed by atoms with E-state index in [9.17, 15) is 4.79 Å². The van der Waals surface area contributed by atoms with E-state index in [0.717, 1.165) is 23.3 Å². The SMILES string of the molecule is COc1ccc(OC)c([C@H]2C3=C(CC(C)(C)CC3=O)Nc3nc(SC)nn32)c1. The fourth-order valence-electron chi connectivity index (χ4n) is 4.02. The summed E-state index contributed by atoms with van der Waals surface area (Å²) in [4.78, 5) is 17.8. The van der Waals surface area contributed by atoms with Crippen LogP contribution in [-0.2, 0) is 4.79 Å². The lowest BCUT2D eigenvalue weighted by Crippen LogP contribution is -2.36. The van der Waals surface area contributed by atoms with E-state index in [1.807, 2.05) is 24.5 Å². The van der Waals surface area contributed by atoms with E-state index >= 15 is 0 Å². The van der Waals surface area contributed by atoms with Crippen molar-refractivity contribution in [1.82, 2.24) is 14.8 Å². The summed E-state index contributed by atoms with van der Waals surface area (Å²) < 4.78 is 12.8. The van der Waals surface area contributed by atoms with Crippen LogP contribution in [0.3, 0.4) is 0 Å². The predicted molar refractivity (Wildman–Crippen MR) is 108 cm³/mol. The average Bonchev–Trinajstić information content (AvgIpc) is 3.07. The monoisotopic (exact) mass is 400 g/mol. The van der Waals surface area contributed by atoms with Gasteiger partial charge in [-0.2, -0.15) is 4.98 Å². The summed E-state index contributed by atoms with van der Waals surface area (Å²) in [5.41, 5.74) is 2.39. The molecular weight excluding hydrogens is 376 g/mol. The van der Waals surface area contributed by atoms with Crippen LogP contribution in [-0.4, -0.2) is 41.0 Å². The van der Waals surface area contributed by atoms with Gasteiger partial charge in [0.05, 0.1) is 14.2 Å². The lowest BCUT2D eigenvalue weighted by molar-refractivity contribution is -0.118. The van der Waals surface area contributed by atoms with Gasteiger partial charge in [-0.05, 0) is 36.3 Å². The second-order valence-corrected chi connectivity index (χ2v) is 8.61. The number of ketones is 1. The Hall–Kier alpha value is -2.48. The first-order chi connectivity index (χ1) is 13.4. The number of benzene rings is 1. The minimum Gasteiger partial charge on any atom is -0.497 e. The summed E-state index contributed by atoms with van der Waals surface area (Å²) in [6.45, 7) is 4.23. The molecule has 148 valence electrons. The maximum absolute atomic E-state index is 13.2. The quantitative estimate of drug-likeness (QED) is 0.785. The Bertz CT molecular complexity index is 980. The Kier molecular flexibility index (Phi) is 4.61. The zero-order valence-electron chi connectivity index (χ0n) is 16.7. The standard InChI is InChI=1S/C20H24N4O3S/c1-20(2)9-13-16(14(25)10-20)17(24-18(21-13)22-19(23-24)28-5)12-8-11(26-3)6-7-15(12)27-4/h6-8,17H,9-10H2,1-5H3,(H,21,22,23)/t17-/m0/s1. The molecule has 7 nitrogen and oxygen atoms in total. The molecule has 0 saturated heterocycles. The number of hydrogen-bond acceptors (Lipinski definition) is 7. The third kappa shape index (κ3) is 3.05. The number of methoxy groups -OCH3 is 2. The molecule has 0 saturated carbocycles. The molecule has 2 heterocycles. The first-order valence-electron chi connectivity index (χ1n) is 9.12. The Labute approximate surface area is 168 Å². The minimum absolute atomic E-state index is 0.101. The van der Waals surface area contributed by atoms with Gasteiger partial charge >= 0.3 is 0 Å². The Morgan fingerprint density at radius 1 is 1.25 bits per heavy atom. The van der Waals surface area contributed by atoms with Gasteiger partial charge in [0.25, 0.3) is 0 Å². The van der Waals surface area contributed by atoms with Crippen molar-refractivity contribution in [3.05, 3.63) is 35.0 Å². The molecule has 0 unspecified atom stereocenters. The van der Waals surface area contributed by atoms with Gasteiger partial charge in [0.2, 0.25) is 11.1 Å². The molecule has 1 aliphatic carbocycles. The highest BCUT2D eigenvalue weighted by molar-refractivity contribution is 7.98. The van der Waals surface area contributed by atoms with Crippen LogP contribution in [0, 0.1) is 5.41 Å². The van der Waals surface area contributed by atoms with Crippen molar-refractivity contribution < 1.29 is 14.3 Å². The van der Waals surface area contributed by atoms with Gasteiger partial charge in [-0.25, -0.2) is 4.68 Å². The Morgan fingerprint density at radius 2 is 2.04 bits per heavy atom. The van der Waals surface area contributed by atoms with Gasteiger partial charge in [0.15, 0.2) is 5.78 Å². The topological polar surface area (TPSA) is 78.3 Å². The van der Waals surface area contributed by atoms with Crippen LogP contribution in [0.2, 0.25) is 0 Å². The van der Waals surface area contributed by atoms with Crippen molar-refractivity contribution in [2.45, 2.75) is 37.9 Å². The van der Waals surface area contributed by atoms with Crippen LogP contribution in [0.15, 0.2) is 34.6 Å². The van der Waals surface area contributed by atoms with E-state index in [1.165, 1.54) is 11.8 Å². The second-order valence-electron chi connectivity index (χ2n) is 7.84.